The third-order valence-electron chi connectivity index (χ3n) is 5.70. The van der Waals surface area contributed by atoms with Gasteiger partial charge in [0.05, 0.1) is 0 Å². The predicted molar refractivity (Wildman–Crippen MR) is 121 cm³/mol. The van der Waals surface area contributed by atoms with Crippen molar-refractivity contribution >= 4 is 17.8 Å². The number of rotatable bonds is 7. The van der Waals surface area contributed by atoms with E-state index in [2.05, 4.69) is 5.32 Å². The maximum Gasteiger partial charge on any atom is 0.325 e. The highest BCUT2D eigenvalue weighted by Gasteiger charge is 2.49. The molecule has 1 atom stereocenters. The summed E-state index contributed by atoms with van der Waals surface area (Å²) >= 11 is 0. The van der Waals surface area contributed by atoms with Crippen LogP contribution in [0.15, 0.2) is 91.0 Å². The van der Waals surface area contributed by atoms with Gasteiger partial charge in [0.2, 0.25) is 5.91 Å². The number of carbonyl (C=O) groups is 3. The summed E-state index contributed by atoms with van der Waals surface area (Å²) in [6, 6.07) is 27.8. The van der Waals surface area contributed by atoms with Gasteiger partial charge in [0.25, 0.3) is 5.91 Å². The lowest BCUT2D eigenvalue weighted by Gasteiger charge is -2.26. The third-order valence-corrected chi connectivity index (χ3v) is 5.70. The van der Waals surface area contributed by atoms with Crippen molar-refractivity contribution in [3.63, 3.8) is 0 Å². The van der Waals surface area contributed by atoms with Gasteiger partial charge in [-0.15, -0.1) is 0 Å². The Kier molecular flexibility index (Phi) is 6.03. The molecule has 32 heavy (non-hydrogen) atoms. The number of hydrogen-bond donors (Lipinski definition) is 1. The highest BCUT2D eigenvalue weighted by atomic mass is 16.2. The van der Waals surface area contributed by atoms with Crippen molar-refractivity contribution in [3.05, 3.63) is 108 Å². The van der Waals surface area contributed by atoms with Crippen LogP contribution in [-0.2, 0) is 28.2 Å². The molecular formula is C26H25N3O3. The predicted octanol–water partition coefficient (Wildman–Crippen LogP) is 3.68. The maximum absolute atomic E-state index is 13.3. The van der Waals surface area contributed by atoms with Crippen LogP contribution in [0.1, 0.15) is 23.6 Å². The van der Waals surface area contributed by atoms with Crippen molar-refractivity contribution < 1.29 is 14.4 Å². The minimum Gasteiger partial charge on any atom is -0.332 e. The van der Waals surface area contributed by atoms with Crippen molar-refractivity contribution in [2.24, 2.45) is 0 Å². The van der Waals surface area contributed by atoms with Crippen LogP contribution in [-0.4, -0.2) is 34.2 Å². The molecule has 6 heteroatoms. The quantitative estimate of drug-likeness (QED) is 0.585. The summed E-state index contributed by atoms with van der Waals surface area (Å²) in [5.41, 5.74) is 1.44. The van der Waals surface area contributed by atoms with Gasteiger partial charge in [-0.2, -0.15) is 0 Å². The van der Waals surface area contributed by atoms with Crippen LogP contribution in [0, 0.1) is 0 Å². The Labute approximate surface area is 187 Å². The monoisotopic (exact) mass is 427 g/mol. The molecule has 1 heterocycles. The topological polar surface area (TPSA) is 69.7 Å². The first-order chi connectivity index (χ1) is 15.5. The van der Waals surface area contributed by atoms with Crippen LogP contribution < -0.4 is 5.32 Å². The summed E-state index contributed by atoms with van der Waals surface area (Å²) < 4.78 is 0. The molecular weight excluding hydrogens is 402 g/mol. The number of urea groups is 1. The maximum atomic E-state index is 13.3. The molecule has 6 nitrogen and oxygen atoms in total. The van der Waals surface area contributed by atoms with Crippen molar-refractivity contribution in [3.8, 4) is 0 Å². The molecule has 0 aromatic heterocycles. The largest absolute Gasteiger partial charge is 0.332 e. The molecule has 3 aromatic carbocycles. The van der Waals surface area contributed by atoms with Crippen LogP contribution in [0.3, 0.4) is 0 Å². The molecule has 1 saturated heterocycles. The Morgan fingerprint density at radius 2 is 1.28 bits per heavy atom. The number of carbonyl (C=O) groups excluding carboxylic acids is 3. The van der Waals surface area contributed by atoms with E-state index in [1.807, 2.05) is 78.9 Å². The number of amides is 4. The molecule has 4 amide bonds. The van der Waals surface area contributed by atoms with Gasteiger partial charge < -0.3 is 10.2 Å². The van der Waals surface area contributed by atoms with Crippen LogP contribution in [0.25, 0.3) is 0 Å². The fraction of sp³-hybridized carbons (Fsp3) is 0.192. The summed E-state index contributed by atoms with van der Waals surface area (Å²) in [6.45, 7) is 2.12. The van der Waals surface area contributed by atoms with Gasteiger partial charge in [0.15, 0.2) is 0 Å². The highest BCUT2D eigenvalue weighted by Crippen LogP contribution is 2.28. The Morgan fingerprint density at radius 1 is 0.812 bits per heavy atom. The Balaban J connectivity index is 1.54. The molecule has 0 unspecified atom stereocenters. The Hall–Kier alpha value is -3.93. The van der Waals surface area contributed by atoms with E-state index in [0.717, 1.165) is 16.0 Å². The van der Waals surface area contributed by atoms with Crippen molar-refractivity contribution in [2.75, 3.05) is 6.54 Å². The minimum absolute atomic E-state index is 0.293. The molecule has 1 aliphatic heterocycles. The second-order valence-electron chi connectivity index (χ2n) is 8.03. The number of nitrogens with one attached hydrogen (secondary N) is 1. The fourth-order valence-electron chi connectivity index (χ4n) is 3.88. The molecule has 4 rings (SSSR count). The number of nitrogens with zero attached hydrogens (tertiary/aromatic N) is 2. The second kappa shape index (κ2) is 9.06. The van der Waals surface area contributed by atoms with Gasteiger partial charge >= 0.3 is 6.03 Å². The molecule has 162 valence electrons. The van der Waals surface area contributed by atoms with Crippen LogP contribution in [0.5, 0.6) is 0 Å². The number of imide groups is 1. The zero-order chi connectivity index (χ0) is 22.6. The molecule has 0 radical (unpaired) electrons. The normalized spacial score (nSPS) is 17.8. The van der Waals surface area contributed by atoms with Crippen LogP contribution in [0.4, 0.5) is 4.79 Å². The first-order valence-electron chi connectivity index (χ1n) is 10.5. The van der Waals surface area contributed by atoms with Gasteiger partial charge in [-0.3, -0.25) is 14.5 Å². The Morgan fingerprint density at radius 3 is 1.78 bits per heavy atom. The lowest BCUT2D eigenvalue weighted by molar-refractivity contribution is -0.139. The van der Waals surface area contributed by atoms with Crippen molar-refractivity contribution in [2.45, 2.75) is 25.6 Å². The highest BCUT2D eigenvalue weighted by molar-refractivity contribution is 6.09. The first-order valence-corrected chi connectivity index (χ1v) is 10.5. The zero-order valence-electron chi connectivity index (χ0n) is 17.9. The van der Waals surface area contributed by atoms with E-state index in [9.17, 15) is 14.4 Å². The average molecular weight is 428 g/mol. The molecule has 1 aliphatic rings. The Bertz CT molecular complexity index is 1060. The summed E-state index contributed by atoms with van der Waals surface area (Å²) in [4.78, 5) is 41.8. The molecule has 0 bridgehead atoms. The molecule has 0 saturated carbocycles. The van der Waals surface area contributed by atoms with Crippen molar-refractivity contribution in [1.29, 1.82) is 0 Å². The summed E-state index contributed by atoms with van der Waals surface area (Å²) in [5, 5.41) is 2.76. The van der Waals surface area contributed by atoms with E-state index in [-0.39, 0.29) is 12.5 Å². The van der Waals surface area contributed by atoms with E-state index in [4.69, 9.17) is 0 Å². The second-order valence-corrected chi connectivity index (χ2v) is 8.03. The van der Waals surface area contributed by atoms with E-state index < -0.39 is 17.5 Å². The standard InChI is InChI=1S/C26H25N3O3/c1-26(22-15-9-4-10-16-22)24(31)29(25(32)27-26)19-23(30)28(17-20-11-5-2-6-12-20)18-21-13-7-3-8-14-21/h2-16H,17-19H2,1H3,(H,27,32)/t26-/m0/s1. The van der Waals surface area contributed by atoms with Gasteiger partial charge in [0.1, 0.15) is 12.1 Å². The van der Waals surface area contributed by atoms with E-state index >= 15 is 0 Å². The van der Waals surface area contributed by atoms with Gasteiger partial charge in [-0.1, -0.05) is 91.0 Å². The smallest absolute Gasteiger partial charge is 0.325 e. The SMILES string of the molecule is C[C@@]1(c2ccccc2)NC(=O)N(CC(=O)N(Cc2ccccc2)Cc2ccccc2)C1=O. The van der Waals surface area contributed by atoms with Gasteiger partial charge in [0, 0.05) is 13.1 Å². The zero-order valence-corrected chi connectivity index (χ0v) is 17.9. The number of benzene rings is 3. The van der Waals surface area contributed by atoms with E-state index in [1.165, 1.54) is 0 Å². The molecule has 1 N–H and O–H groups in total. The lowest BCUT2D eigenvalue weighted by atomic mass is 9.92. The van der Waals surface area contributed by atoms with Gasteiger partial charge in [-0.05, 0) is 23.6 Å². The first kappa shape index (κ1) is 21.3. The van der Waals surface area contributed by atoms with Crippen LogP contribution >= 0.6 is 0 Å². The molecule has 3 aromatic rings. The average Bonchev–Trinajstić information content (AvgIpc) is 3.04. The van der Waals surface area contributed by atoms with Crippen molar-refractivity contribution in [1.82, 2.24) is 15.1 Å². The number of hydrogen-bond acceptors (Lipinski definition) is 3. The summed E-state index contributed by atoms with van der Waals surface area (Å²) in [5.74, 6) is -0.722. The summed E-state index contributed by atoms with van der Waals surface area (Å²) in [7, 11) is 0. The summed E-state index contributed by atoms with van der Waals surface area (Å²) in [6.07, 6.45) is 0. The third kappa shape index (κ3) is 4.39. The van der Waals surface area contributed by atoms with E-state index in [0.29, 0.717) is 18.7 Å². The minimum atomic E-state index is -1.19. The van der Waals surface area contributed by atoms with E-state index in [1.54, 1.807) is 24.0 Å². The molecule has 0 spiro atoms. The fourth-order valence-corrected chi connectivity index (χ4v) is 3.88. The van der Waals surface area contributed by atoms with Gasteiger partial charge in [-0.25, -0.2) is 4.79 Å². The molecule has 0 aliphatic carbocycles. The van der Waals surface area contributed by atoms with Crippen LogP contribution in [0.2, 0.25) is 0 Å². The molecule has 1 fully saturated rings. The lowest BCUT2D eigenvalue weighted by Crippen LogP contribution is -2.44.